The first-order valence-corrected chi connectivity index (χ1v) is 8.28. The fourth-order valence-corrected chi connectivity index (χ4v) is 2.52. The fraction of sp³-hybridized carbons (Fsp3) is 0.158. The first-order valence-electron chi connectivity index (χ1n) is 8.28. The van der Waals surface area contributed by atoms with Gasteiger partial charge in [0, 0.05) is 26.5 Å². The summed E-state index contributed by atoms with van der Waals surface area (Å²) < 4.78 is 74.9. The highest BCUT2D eigenvalue weighted by Crippen LogP contribution is 2.26. The van der Waals surface area contributed by atoms with Gasteiger partial charge in [-0.05, 0) is 12.1 Å². The summed E-state index contributed by atoms with van der Waals surface area (Å²) in [5.74, 6) is -9.63. The predicted molar refractivity (Wildman–Crippen MR) is 94.9 cm³/mol. The zero-order valence-corrected chi connectivity index (χ0v) is 15.3. The lowest BCUT2D eigenvalue weighted by Crippen LogP contribution is -2.18. The molecule has 29 heavy (non-hydrogen) atoms. The zero-order valence-electron chi connectivity index (χ0n) is 15.3. The molecule has 0 N–H and O–H groups in total. The average Bonchev–Trinajstić information content (AvgIpc) is 3.24. The van der Waals surface area contributed by atoms with Crippen LogP contribution < -0.4 is 4.74 Å². The number of hydrazone groups is 1. The van der Waals surface area contributed by atoms with Crippen molar-refractivity contribution in [2.45, 2.75) is 6.61 Å². The third kappa shape index (κ3) is 4.05. The standard InChI is InChI=1S/C19H15F5N4O/c1-27(2)26-19(28-8-7-25-10-28)11-5-3-4-6-13(11)29-9-12-14(20)16(22)18(24)17(23)15(12)21/h3-8,10H,9H2,1-2H3/b26-19-. The van der Waals surface area contributed by atoms with Crippen LogP contribution in [-0.4, -0.2) is 34.5 Å². The molecule has 0 fully saturated rings. The first-order chi connectivity index (χ1) is 13.8. The van der Waals surface area contributed by atoms with Crippen LogP contribution in [0, 0.1) is 29.1 Å². The van der Waals surface area contributed by atoms with E-state index in [0.29, 0.717) is 11.4 Å². The van der Waals surface area contributed by atoms with Crippen LogP contribution in [0.5, 0.6) is 5.75 Å². The minimum absolute atomic E-state index is 0.130. The van der Waals surface area contributed by atoms with E-state index in [2.05, 4.69) is 10.1 Å². The van der Waals surface area contributed by atoms with Gasteiger partial charge in [0.1, 0.15) is 18.7 Å². The Morgan fingerprint density at radius 1 is 1.00 bits per heavy atom. The molecular formula is C19H15F5N4O. The number of benzene rings is 2. The largest absolute Gasteiger partial charge is 0.488 e. The van der Waals surface area contributed by atoms with Crippen molar-refractivity contribution in [2.24, 2.45) is 5.10 Å². The highest BCUT2D eigenvalue weighted by atomic mass is 19.2. The number of hydrogen-bond acceptors (Lipinski definition) is 4. The van der Waals surface area contributed by atoms with Gasteiger partial charge in [-0.2, -0.15) is 5.10 Å². The quantitative estimate of drug-likeness (QED) is 0.160. The van der Waals surface area contributed by atoms with Gasteiger partial charge in [0.15, 0.2) is 29.1 Å². The Hall–Kier alpha value is -3.43. The number of para-hydroxylation sites is 1. The third-order valence-corrected chi connectivity index (χ3v) is 3.84. The van der Waals surface area contributed by atoms with Crippen LogP contribution in [0.4, 0.5) is 22.0 Å². The number of nitrogens with zero attached hydrogens (tertiary/aromatic N) is 4. The van der Waals surface area contributed by atoms with E-state index < -0.39 is 41.3 Å². The molecule has 0 amide bonds. The number of rotatable bonds is 5. The van der Waals surface area contributed by atoms with Gasteiger partial charge in [0.25, 0.3) is 0 Å². The Bertz CT molecular complexity index is 1020. The van der Waals surface area contributed by atoms with Gasteiger partial charge in [-0.1, -0.05) is 12.1 Å². The topological polar surface area (TPSA) is 42.6 Å². The van der Waals surface area contributed by atoms with Gasteiger partial charge in [-0.25, -0.2) is 26.9 Å². The van der Waals surface area contributed by atoms with Crippen molar-refractivity contribution in [3.8, 4) is 5.75 Å². The summed E-state index contributed by atoms with van der Waals surface area (Å²) in [5.41, 5.74) is -0.645. The van der Waals surface area contributed by atoms with Crippen molar-refractivity contribution in [3.63, 3.8) is 0 Å². The lowest BCUT2D eigenvalue weighted by atomic mass is 10.1. The minimum atomic E-state index is -2.22. The molecule has 0 radical (unpaired) electrons. The Kier molecular flexibility index (Phi) is 5.81. The van der Waals surface area contributed by atoms with Crippen molar-refractivity contribution >= 4 is 5.84 Å². The summed E-state index contributed by atoms with van der Waals surface area (Å²) in [6, 6.07) is 6.40. The van der Waals surface area contributed by atoms with Crippen LogP contribution in [0.25, 0.3) is 0 Å². The molecule has 10 heteroatoms. The van der Waals surface area contributed by atoms with Crippen LogP contribution in [0.15, 0.2) is 48.1 Å². The molecular weight excluding hydrogens is 395 g/mol. The Balaban J connectivity index is 1.99. The maximum atomic E-state index is 13.9. The first kappa shape index (κ1) is 20.3. The second kappa shape index (κ2) is 8.29. The summed E-state index contributed by atoms with van der Waals surface area (Å²) in [7, 11) is 3.38. The van der Waals surface area contributed by atoms with Crippen LogP contribution >= 0.6 is 0 Å². The van der Waals surface area contributed by atoms with E-state index in [0.717, 1.165) is 0 Å². The number of aromatic nitrogens is 2. The van der Waals surface area contributed by atoms with Crippen molar-refractivity contribution in [3.05, 3.63) is 83.2 Å². The SMILES string of the molecule is CN(C)/N=C(/c1ccccc1OCc1c(F)c(F)c(F)c(F)c1F)n1ccnc1. The summed E-state index contributed by atoms with van der Waals surface area (Å²) in [6.07, 6.45) is 4.65. The van der Waals surface area contributed by atoms with Crippen LogP contribution in [0.3, 0.4) is 0 Å². The van der Waals surface area contributed by atoms with Crippen molar-refractivity contribution in [1.29, 1.82) is 0 Å². The minimum Gasteiger partial charge on any atom is -0.488 e. The molecule has 152 valence electrons. The van der Waals surface area contributed by atoms with Crippen molar-refractivity contribution < 1.29 is 26.7 Å². The zero-order chi connectivity index (χ0) is 21.1. The molecule has 1 aromatic heterocycles. The molecule has 0 aliphatic rings. The van der Waals surface area contributed by atoms with E-state index in [1.807, 2.05) is 0 Å². The summed E-state index contributed by atoms with van der Waals surface area (Å²) in [5, 5.41) is 5.88. The molecule has 0 saturated carbocycles. The van der Waals surface area contributed by atoms with Gasteiger partial charge in [0.05, 0.1) is 11.1 Å². The predicted octanol–water partition coefficient (Wildman–Crippen LogP) is 3.93. The molecule has 2 aromatic carbocycles. The third-order valence-electron chi connectivity index (χ3n) is 3.84. The molecule has 5 nitrogen and oxygen atoms in total. The normalized spacial score (nSPS) is 11.6. The highest BCUT2D eigenvalue weighted by molar-refractivity contribution is 6.02. The lowest BCUT2D eigenvalue weighted by Gasteiger charge is -2.16. The number of halogens is 5. The monoisotopic (exact) mass is 410 g/mol. The van der Waals surface area contributed by atoms with Gasteiger partial charge in [-0.3, -0.25) is 4.57 Å². The smallest absolute Gasteiger partial charge is 0.200 e. The molecule has 3 rings (SSSR count). The van der Waals surface area contributed by atoms with E-state index >= 15 is 0 Å². The second-order valence-electron chi connectivity index (χ2n) is 6.07. The molecule has 1 heterocycles. The van der Waals surface area contributed by atoms with Gasteiger partial charge < -0.3 is 9.75 Å². The van der Waals surface area contributed by atoms with E-state index in [1.54, 1.807) is 43.1 Å². The maximum absolute atomic E-state index is 13.9. The lowest BCUT2D eigenvalue weighted by molar-refractivity contribution is 0.278. The summed E-state index contributed by atoms with van der Waals surface area (Å²) in [4.78, 5) is 3.95. The molecule has 0 atom stereocenters. The second-order valence-corrected chi connectivity index (χ2v) is 6.07. The van der Waals surface area contributed by atoms with Crippen molar-refractivity contribution in [1.82, 2.24) is 14.6 Å². The summed E-state index contributed by atoms with van der Waals surface area (Å²) >= 11 is 0. The average molecular weight is 410 g/mol. The van der Waals surface area contributed by atoms with Crippen molar-refractivity contribution in [2.75, 3.05) is 14.1 Å². The van der Waals surface area contributed by atoms with E-state index in [9.17, 15) is 22.0 Å². The molecule has 0 unspecified atom stereocenters. The molecule has 0 aliphatic carbocycles. The van der Waals surface area contributed by atoms with Crippen LogP contribution in [-0.2, 0) is 6.61 Å². The Morgan fingerprint density at radius 3 is 2.21 bits per heavy atom. The van der Waals surface area contributed by atoms with E-state index in [4.69, 9.17) is 4.74 Å². The Labute approximate surface area is 162 Å². The van der Waals surface area contributed by atoms with Gasteiger partial charge in [-0.15, -0.1) is 0 Å². The highest BCUT2D eigenvalue weighted by Gasteiger charge is 2.26. The van der Waals surface area contributed by atoms with Gasteiger partial charge in [0.2, 0.25) is 5.82 Å². The summed E-state index contributed by atoms with van der Waals surface area (Å²) in [6.45, 7) is -0.873. The van der Waals surface area contributed by atoms with Gasteiger partial charge >= 0.3 is 0 Å². The number of hydrogen-bond donors (Lipinski definition) is 0. The van der Waals surface area contributed by atoms with Crippen LogP contribution in [0.2, 0.25) is 0 Å². The number of ether oxygens (including phenoxy) is 1. The molecule has 0 bridgehead atoms. The molecule has 0 saturated heterocycles. The maximum Gasteiger partial charge on any atom is 0.200 e. The van der Waals surface area contributed by atoms with E-state index in [-0.39, 0.29) is 5.75 Å². The molecule has 3 aromatic rings. The fourth-order valence-electron chi connectivity index (χ4n) is 2.52. The number of imidazole rings is 1. The van der Waals surface area contributed by atoms with Crippen LogP contribution in [0.1, 0.15) is 11.1 Å². The molecule has 0 spiro atoms. The molecule has 0 aliphatic heterocycles. The Morgan fingerprint density at radius 2 is 1.62 bits per heavy atom. The van der Waals surface area contributed by atoms with E-state index in [1.165, 1.54) is 23.6 Å².